The first-order chi connectivity index (χ1) is 14.2. The van der Waals surface area contributed by atoms with Gasteiger partial charge in [-0.3, -0.25) is 4.79 Å². The summed E-state index contributed by atoms with van der Waals surface area (Å²) in [6.45, 7) is 0.597. The van der Waals surface area contributed by atoms with E-state index in [1.807, 2.05) is 55.7 Å². The number of rotatable bonds is 8. The van der Waals surface area contributed by atoms with Crippen molar-refractivity contribution in [3.63, 3.8) is 0 Å². The molecule has 0 aliphatic carbocycles. The van der Waals surface area contributed by atoms with Crippen LogP contribution in [0.5, 0.6) is 0 Å². The van der Waals surface area contributed by atoms with Crippen LogP contribution in [0.2, 0.25) is 0 Å². The number of fused-ring (bicyclic) bond motifs is 1. The smallest absolute Gasteiger partial charge is 0.223 e. The average molecular weight is 388 g/mol. The summed E-state index contributed by atoms with van der Waals surface area (Å²) in [5.74, 6) is 1.18. The van der Waals surface area contributed by atoms with E-state index in [0.717, 1.165) is 17.5 Å². The highest BCUT2D eigenvalue weighted by molar-refractivity contribution is 5.83. The standard InChI is InChI=1S/C23H24N4O2/c1-27(16-17-7-3-2-4-8-17)23(28)14-13-22-26-25-21(29-22)12-11-18-15-24-20-10-6-5-9-19(18)20/h2-10,15,24H,11-14,16H2,1H3. The zero-order valence-corrected chi connectivity index (χ0v) is 16.5. The predicted molar refractivity (Wildman–Crippen MR) is 111 cm³/mol. The maximum Gasteiger partial charge on any atom is 0.223 e. The lowest BCUT2D eigenvalue weighted by Crippen LogP contribution is -2.26. The first-order valence-electron chi connectivity index (χ1n) is 9.83. The van der Waals surface area contributed by atoms with Crippen molar-refractivity contribution in [2.75, 3.05) is 7.05 Å². The first-order valence-corrected chi connectivity index (χ1v) is 9.83. The highest BCUT2D eigenvalue weighted by Gasteiger charge is 2.13. The number of hydrogen-bond donors (Lipinski definition) is 1. The van der Waals surface area contributed by atoms with Crippen LogP contribution in [0.1, 0.15) is 29.3 Å². The van der Waals surface area contributed by atoms with E-state index in [1.54, 1.807) is 4.90 Å². The third-order valence-electron chi connectivity index (χ3n) is 5.03. The number of hydrogen-bond acceptors (Lipinski definition) is 4. The zero-order chi connectivity index (χ0) is 20.1. The molecule has 0 spiro atoms. The quantitative estimate of drug-likeness (QED) is 0.496. The van der Waals surface area contributed by atoms with E-state index in [-0.39, 0.29) is 5.91 Å². The van der Waals surface area contributed by atoms with Crippen molar-refractivity contribution in [2.24, 2.45) is 0 Å². The molecule has 1 N–H and O–H groups in total. The van der Waals surface area contributed by atoms with Crippen LogP contribution in [0.15, 0.2) is 65.2 Å². The monoisotopic (exact) mass is 388 g/mol. The van der Waals surface area contributed by atoms with Crippen molar-refractivity contribution in [1.29, 1.82) is 0 Å². The van der Waals surface area contributed by atoms with E-state index in [0.29, 0.717) is 37.6 Å². The number of carbonyl (C=O) groups is 1. The summed E-state index contributed by atoms with van der Waals surface area (Å²) in [5.41, 5.74) is 3.48. The SMILES string of the molecule is CN(Cc1ccccc1)C(=O)CCc1nnc(CCc2c[nH]c3ccccc23)o1. The molecule has 0 unspecified atom stereocenters. The summed E-state index contributed by atoms with van der Waals surface area (Å²) < 4.78 is 5.74. The molecule has 2 heterocycles. The molecule has 0 aliphatic rings. The Hall–Kier alpha value is -3.41. The van der Waals surface area contributed by atoms with Crippen LogP contribution >= 0.6 is 0 Å². The molecule has 2 aromatic heterocycles. The number of aromatic nitrogens is 3. The minimum atomic E-state index is 0.0624. The predicted octanol–water partition coefficient (Wildman–Crippen LogP) is 3.93. The van der Waals surface area contributed by atoms with Crippen molar-refractivity contribution < 1.29 is 9.21 Å². The molecule has 0 saturated heterocycles. The molecule has 29 heavy (non-hydrogen) atoms. The second-order valence-corrected chi connectivity index (χ2v) is 7.18. The largest absolute Gasteiger partial charge is 0.425 e. The van der Waals surface area contributed by atoms with E-state index in [4.69, 9.17) is 4.42 Å². The second-order valence-electron chi connectivity index (χ2n) is 7.18. The molecule has 148 valence electrons. The van der Waals surface area contributed by atoms with Gasteiger partial charge in [0.05, 0.1) is 0 Å². The number of benzene rings is 2. The average Bonchev–Trinajstić information content (AvgIpc) is 3.38. The number of para-hydroxylation sites is 1. The lowest BCUT2D eigenvalue weighted by Gasteiger charge is -2.16. The summed E-state index contributed by atoms with van der Waals surface area (Å²) in [6, 6.07) is 18.2. The number of nitrogens with zero attached hydrogens (tertiary/aromatic N) is 3. The number of aromatic amines is 1. The topological polar surface area (TPSA) is 75.0 Å². The number of H-pyrrole nitrogens is 1. The van der Waals surface area contributed by atoms with E-state index in [1.165, 1.54) is 10.9 Å². The maximum atomic E-state index is 12.4. The Balaban J connectivity index is 1.27. The van der Waals surface area contributed by atoms with Gasteiger partial charge in [0.1, 0.15) is 0 Å². The fraction of sp³-hybridized carbons (Fsp3) is 0.261. The molecule has 0 fully saturated rings. The van der Waals surface area contributed by atoms with Gasteiger partial charge in [-0.05, 0) is 23.6 Å². The van der Waals surface area contributed by atoms with Crippen molar-refractivity contribution >= 4 is 16.8 Å². The van der Waals surface area contributed by atoms with Gasteiger partial charge in [0, 0.05) is 50.0 Å². The Morgan fingerprint density at radius 2 is 1.69 bits per heavy atom. The lowest BCUT2D eigenvalue weighted by atomic mass is 10.1. The molecule has 0 radical (unpaired) electrons. The van der Waals surface area contributed by atoms with Crippen LogP contribution in [0.4, 0.5) is 0 Å². The Labute approximate surface area is 169 Å². The van der Waals surface area contributed by atoms with Gasteiger partial charge in [0.15, 0.2) is 0 Å². The Kier molecular flexibility index (Phi) is 5.70. The zero-order valence-electron chi connectivity index (χ0n) is 16.5. The molecular weight excluding hydrogens is 364 g/mol. The normalized spacial score (nSPS) is 11.1. The molecule has 0 atom stereocenters. The van der Waals surface area contributed by atoms with Gasteiger partial charge < -0.3 is 14.3 Å². The first kappa shape index (κ1) is 18.9. The van der Waals surface area contributed by atoms with Gasteiger partial charge in [0.25, 0.3) is 0 Å². The van der Waals surface area contributed by atoms with E-state index in [2.05, 4.69) is 27.3 Å². The van der Waals surface area contributed by atoms with Gasteiger partial charge in [-0.1, -0.05) is 48.5 Å². The van der Waals surface area contributed by atoms with Crippen LogP contribution in [0.25, 0.3) is 10.9 Å². The van der Waals surface area contributed by atoms with Crippen LogP contribution in [0.3, 0.4) is 0 Å². The molecule has 1 amide bonds. The summed E-state index contributed by atoms with van der Waals surface area (Å²) >= 11 is 0. The summed E-state index contributed by atoms with van der Waals surface area (Å²) in [5, 5.41) is 9.45. The van der Waals surface area contributed by atoms with Gasteiger partial charge in [-0.15, -0.1) is 10.2 Å². The van der Waals surface area contributed by atoms with Crippen LogP contribution in [-0.4, -0.2) is 33.0 Å². The van der Waals surface area contributed by atoms with E-state index >= 15 is 0 Å². The fourth-order valence-corrected chi connectivity index (χ4v) is 3.42. The highest BCUT2D eigenvalue weighted by atomic mass is 16.4. The van der Waals surface area contributed by atoms with Crippen LogP contribution < -0.4 is 0 Å². The molecule has 6 heteroatoms. The molecule has 4 aromatic rings. The van der Waals surface area contributed by atoms with Crippen molar-refractivity contribution in [2.45, 2.75) is 32.2 Å². The summed E-state index contributed by atoms with van der Waals surface area (Å²) in [6.07, 6.45) is 4.34. The Bertz CT molecular complexity index is 1080. The molecule has 0 aliphatic heterocycles. The maximum absolute atomic E-state index is 12.4. The second kappa shape index (κ2) is 8.73. The van der Waals surface area contributed by atoms with Gasteiger partial charge in [0.2, 0.25) is 17.7 Å². The summed E-state index contributed by atoms with van der Waals surface area (Å²) in [7, 11) is 1.82. The minimum Gasteiger partial charge on any atom is -0.425 e. The van der Waals surface area contributed by atoms with Crippen molar-refractivity contribution in [3.05, 3.63) is 83.7 Å². The Morgan fingerprint density at radius 3 is 2.52 bits per heavy atom. The molecule has 6 nitrogen and oxygen atoms in total. The van der Waals surface area contributed by atoms with Crippen molar-refractivity contribution in [3.8, 4) is 0 Å². The molecule has 0 bridgehead atoms. The number of amides is 1. The number of nitrogens with one attached hydrogen (secondary N) is 1. The number of carbonyl (C=O) groups excluding carboxylic acids is 1. The van der Waals surface area contributed by atoms with Gasteiger partial charge >= 0.3 is 0 Å². The minimum absolute atomic E-state index is 0.0624. The molecule has 2 aromatic carbocycles. The van der Waals surface area contributed by atoms with E-state index < -0.39 is 0 Å². The van der Waals surface area contributed by atoms with Crippen LogP contribution in [-0.2, 0) is 30.6 Å². The highest BCUT2D eigenvalue weighted by Crippen LogP contribution is 2.19. The fourth-order valence-electron chi connectivity index (χ4n) is 3.42. The molecule has 0 saturated carbocycles. The van der Waals surface area contributed by atoms with Crippen molar-refractivity contribution in [1.82, 2.24) is 20.1 Å². The molecular formula is C23H24N4O2. The Morgan fingerprint density at radius 1 is 0.966 bits per heavy atom. The van der Waals surface area contributed by atoms with E-state index in [9.17, 15) is 4.79 Å². The van der Waals surface area contributed by atoms with Gasteiger partial charge in [-0.2, -0.15) is 0 Å². The molecule has 4 rings (SSSR count). The van der Waals surface area contributed by atoms with Crippen LogP contribution in [0, 0.1) is 0 Å². The number of aryl methyl sites for hydroxylation is 3. The summed E-state index contributed by atoms with van der Waals surface area (Å²) in [4.78, 5) is 17.4. The third kappa shape index (κ3) is 4.71. The third-order valence-corrected chi connectivity index (χ3v) is 5.03. The van der Waals surface area contributed by atoms with Gasteiger partial charge in [-0.25, -0.2) is 0 Å². The lowest BCUT2D eigenvalue weighted by molar-refractivity contribution is -0.130.